The lowest BCUT2D eigenvalue weighted by molar-refractivity contribution is 0.459. The Hall–Kier alpha value is -1.20. The molecule has 0 saturated heterocycles. The van der Waals surface area contributed by atoms with Crippen LogP contribution in [0.25, 0.3) is 5.69 Å². The van der Waals surface area contributed by atoms with Crippen LogP contribution in [0, 0.1) is 0 Å². The normalized spacial score (nSPS) is 10.8. The van der Waals surface area contributed by atoms with E-state index in [1.165, 1.54) is 4.88 Å². The summed E-state index contributed by atoms with van der Waals surface area (Å²) in [7, 11) is 0. The van der Waals surface area contributed by atoms with Gasteiger partial charge in [0, 0.05) is 29.2 Å². The fourth-order valence-corrected chi connectivity index (χ4v) is 2.25. The van der Waals surface area contributed by atoms with E-state index in [9.17, 15) is 4.39 Å². The SMILES string of the molecule is FCCCNCc1cc(-n2ccnc2)cs1. The van der Waals surface area contributed by atoms with Crippen LogP contribution in [0.3, 0.4) is 0 Å². The molecule has 2 heterocycles. The molecule has 0 aliphatic carbocycles. The molecule has 0 fully saturated rings. The monoisotopic (exact) mass is 239 g/mol. The van der Waals surface area contributed by atoms with Gasteiger partial charge in [-0.2, -0.15) is 0 Å². The number of imidazole rings is 1. The molecule has 5 heteroatoms. The van der Waals surface area contributed by atoms with Gasteiger partial charge in [0.1, 0.15) is 0 Å². The van der Waals surface area contributed by atoms with Crippen molar-refractivity contribution in [3.63, 3.8) is 0 Å². The highest BCUT2D eigenvalue weighted by molar-refractivity contribution is 7.10. The number of hydrogen-bond acceptors (Lipinski definition) is 3. The molecule has 0 atom stereocenters. The first-order valence-corrected chi connectivity index (χ1v) is 6.10. The summed E-state index contributed by atoms with van der Waals surface area (Å²) < 4.78 is 13.8. The zero-order valence-electron chi connectivity index (χ0n) is 8.90. The van der Waals surface area contributed by atoms with E-state index in [0.29, 0.717) is 6.42 Å². The summed E-state index contributed by atoms with van der Waals surface area (Å²) in [6, 6.07) is 2.12. The second kappa shape index (κ2) is 5.77. The Morgan fingerprint density at radius 3 is 3.19 bits per heavy atom. The molecule has 0 radical (unpaired) electrons. The molecular formula is C11H14FN3S. The van der Waals surface area contributed by atoms with Crippen molar-refractivity contribution in [3.8, 4) is 5.69 Å². The molecular weight excluding hydrogens is 225 g/mol. The lowest BCUT2D eigenvalue weighted by Crippen LogP contribution is -2.14. The Kier molecular flexibility index (Phi) is 4.07. The average molecular weight is 239 g/mol. The molecule has 1 N–H and O–H groups in total. The van der Waals surface area contributed by atoms with E-state index in [0.717, 1.165) is 18.8 Å². The Morgan fingerprint density at radius 1 is 1.50 bits per heavy atom. The van der Waals surface area contributed by atoms with Crippen molar-refractivity contribution in [2.75, 3.05) is 13.2 Å². The second-order valence-corrected chi connectivity index (χ2v) is 4.46. The maximum atomic E-state index is 11.9. The number of nitrogens with one attached hydrogen (secondary N) is 1. The standard InChI is InChI=1S/C11H14FN3S/c12-2-1-3-13-7-11-6-10(8-16-11)15-5-4-14-9-15/h4-6,8-9,13H,1-3,7H2. The summed E-state index contributed by atoms with van der Waals surface area (Å²) in [5.41, 5.74) is 1.13. The first kappa shape index (κ1) is 11.3. The van der Waals surface area contributed by atoms with Crippen LogP contribution < -0.4 is 5.32 Å². The zero-order valence-corrected chi connectivity index (χ0v) is 9.71. The van der Waals surface area contributed by atoms with Gasteiger partial charge >= 0.3 is 0 Å². The van der Waals surface area contributed by atoms with E-state index >= 15 is 0 Å². The van der Waals surface area contributed by atoms with Crippen molar-refractivity contribution in [1.82, 2.24) is 14.9 Å². The molecule has 16 heavy (non-hydrogen) atoms. The summed E-state index contributed by atoms with van der Waals surface area (Å²) in [6.45, 7) is 1.28. The minimum absolute atomic E-state index is 0.252. The van der Waals surface area contributed by atoms with Gasteiger partial charge in [-0.3, -0.25) is 4.39 Å². The van der Waals surface area contributed by atoms with Crippen LogP contribution >= 0.6 is 11.3 Å². The highest BCUT2D eigenvalue weighted by Crippen LogP contribution is 2.17. The van der Waals surface area contributed by atoms with Crippen LogP contribution in [0.5, 0.6) is 0 Å². The molecule has 3 nitrogen and oxygen atoms in total. The molecule has 86 valence electrons. The van der Waals surface area contributed by atoms with E-state index in [-0.39, 0.29) is 6.67 Å². The molecule has 0 bridgehead atoms. The number of hydrogen-bond donors (Lipinski definition) is 1. The molecule has 0 spiro atoms. The number of nitrogens with zero attached hydrogens (tertiary/aromatic N) is 2. The summed E-state index contributed by atoms with van der Waals surface area (Å²) in [5, 5.41) is 5.30. The number of aromatic nitrogens is 2. The molecule has 2 rings (SSSR count). The number of rotatable bonds is 6. The van der Waals surface area contributed by atoms with Crippen molar-refractivity contribution in [1.29, 1.82) is 0 Å². The average Bonchev–Trinajstić information content (AvgIpc) is 2.94. The Labute approximate surface area is 97.9 Å². The summed E-state index contributed by atoms with van der Waals surface area (Å²) in [6.07, 6.45) is 6.04. The second-order valence-electron chi connectivity index (χ2n) is 3.46. The van der Waals surface area contributed by atoms with E-state index in [4.69, 9.17) is 0 Å². The minimum Gasteiger partial charge on any atom is -0.312 e. The molecule has 0 aliphatic rings. The van der Waals surface area contributed by atoms with Crippen molar-refractivity contribution in [3.05, 3.63) is 35.0 Å². The Bertz CT molecular complexity index is 411. The highest BCUT2D eigenvalue weighted by atomic mass is 32.1. The van der Waals surface area contributed by atoms with Gasteiger partial charge in [0.2, 0.25) is 0 Å². The van der Waals surface area contributed by atoms with Crippen LogP contribution in [0.1, 0.15) is 11.3 Å². The maximum Gasteiger partial charge on any atom is 0.0991 e. The molecule has 0 saturated carbocycles. The largest absolute Gasteiger partial charge is 0.312 e. The molecule has 2 aromatic heterocycles. The van der Waals surface area contributed by atoms with Gasteiger partial charge in [-0.15, -0.1) is 11.3 Å². The topological polar surface area (TPSA) is 29.9 Å². The van der Waals surface area contributed by atoms with E-state index < -0.39 is 0 Å². The molecule has 0 aromatic carbocycles. The third kappa shape index (κ3) is 2.90. The highest BCUT2D eigenvalue weighted by Gasteiger charge is 2.00. The van der Waals surface area contributed by atoms with E-state index in [2.05, 4.69) is 21.7 Å². The summed E-state index contributed by atoms with van der Waals surface area (Å²) in [4.78, 5) is 5.26. The van der Waals surface area contributed by atoms with Crippen molar-refractivity contribution < 1.29 is 4.39 Å². The smallest absolute Gasteiger partial charge is 0.0991 e. The fraction of sp³-hybridized carbons (Fsp3) is 0.364. The van der Waals surface area contributed by atoms with Gasteiger partial charge in [-0.1, -0.05) is 0 Å². The summed E-state index contributed by atoms with van der Waals surface area (Å²) >= 11 is 1.70. The molecule has 0 amide bonds. The number of halogens is 1. The molecule has 0 aliphatic heterocycles. The Morgan fingerprint density at radius 2 is 2.44 bits per heavy atom. The van der Waals surface area contributed by atoms with Crippen molar-refractivity contribution >= 4 is 11.3 Å². The van der Waals surface area contributed by atoms with Crippen LogP contribution in [0.2, 0.25) is 0 Å². The zero-order chi connectivity index (χ0) is 11.2. The van der Waals surface area contributed by atoms with Crippen LogP contribution in [0.4, 0.5) is 4.39 Å². The first-order valence-electron chi connectivity index (χ1n) is 5.22. The predicted molar refractivity (Wildman–Crippen MR) is 63.7 cm³/mol. The Balaban J connectivity index is 1.88. The summed E-state index contributed by atoms with van der Waals surface area (Å²) in [5.74, 6) is 0. The minimum atomic E-state index is -0.252. The quantitative estimate of drug-likeness (QED) is 0.784. The van der Waals surface area contributed by atoms with Gasteiger partial charge in [0.05, 0.1) is 18.7 Å². The molecule has 2 aromatic rings. The van der Waals surface area contributed by atoms with Crippen LogP contribution in [-0.4, -0.2) is 22.8 Å². The number of thiophene rings is 1. The predicted octanol–water partition coefficient (Wildman–Crippen LogP) is 2.38. The van der Waals surface area contributed by atoms with E-state index in [1.807, 2.05) is 10.8 Å². The van der Waals surface area contributed by atoms with Crippen molar-refractivity contribution in [2.24, 2.45) is 0 Å². The van der Waals surface area contributed by atoms with Gasteiger partial charge in [-0.05, 0) is 19.0 Å². The third-order valence-electron chi connectivity index (χ3n) is 2.23. The van der Waals surface area contributed by atoms with E-state index in [1.54, 1.807) is 23.9 Å². The van der Waals surface area contributed by atoms with Crippen LogP contribution in [-0.2, 0) is 6.54 Å². The van der Waals surface area contributed by atoms with Gasteiger partial charge in [0.15, 0.2) is 0 Å². The van der Waals surface area contributed by atoms with Gasteiger partial charge < -0.3 is 9.88 Å². The lowest BCUT2D eigenvalue weighted by Gasteiger charge is -1.99. The third-order valence-corrected chi connectivity index (χ3v) is 3.15. The van der Waals surface area contributed by atoms with Crippen molar-refractivity contribution in [2.45, 2.75) is 13.0 Å². The van der Waals surface area contributed by atoms with Gasteiger partial charge in [-0.25, -0.2) is 4.98 Å². The number of alkyl halides is 1. The molecule has 0 unspecified atom stereocenters. The fourth-order valence-electron chi connectivity index (χ4n) is 1.41. The first-order chi connectivity index (χ1) is 7.90. The van der Waals surface area contributed by atoms with Crippen LogP contribution in [0.15, 0.2) is 30.2 Å². The maximum absolute atomic E-state index is 11.9. The lowest BCUT2D eigenvalue weighted by atomic mass is 10.4. The van der Waals surface area contributed by atoms with Gasteiger partial charge in [0.25, 0.3) is 0 Å².